The van der Waals surface area contributed by atoms with Crippen LogP contribution in [-0.2, 0) is 29.0 Å². The largest absolute Gasteiger partial charge is 0.469 e. The zero-order valence-electron chi connectivity index (χ0n) is 22.3. The fraction of sp³-hybridized carbons (Fsp3) is 0.452. The van der Waals surface area contributed by atoms with E-state index in [9.17, 15) is 4.79 Å². The number of nitrogens with zero attached hydrogens (tertiary/aromatic N) is 4. The molecule has 0 saturated carbocycles. The quantitative estimate of drug-likeness (QED) is 0.337. The number of aromatic nitrogens is 2. The standard InChI is InChI=1S/C31H38N4O2/c1-4-5-9-28-20-31(30(36)37-3,19-27-8-6-7-24(2)18-27)14-16-34(28)23-29-33-15-17-35(29)22-26-12-10-25(21-32)11-13-26/h6-8,10-13,15,17-18,28H,4-5,9,14,16,19-20,22-23H2,1-3H3. The van der Waals surface area contributed by atoms with Gasteiger partial charge in [0.2, 0.25) is 0 Å². The molecule has 1 saturated heterocycles. The van der Waals surface area contributed by atoms with E-state index < -0.39 is 5.41 Å². The van der Waals surface area contributed by atoms with Crippen LogP contribution in [0.25, 0.3) is 0 Å². The molecule has 3 aromatic rings. The highest BCUT2D eigenvalue weighted by atomic mass is 16.5. The number of imidazole rings is 1. The highest BCUT2D eigenvalue weighted by molar-refractivity contribution is 5.77. The van der Waals surface area contributed by atoms with Crippen molar-refractivity contribution in [3.63, 3.8) is 0 Å². The third-order valence-corrected chi connectivity index (χ3v) is 7.74. The van der Waals surface area contributed by atoms with Crippen molar-refractivity contribution in [3.05, 3.63) is 89.0 Å². The number of piperidine rings is 1. The number of hydrogen-bond donors (Lipinski definition) is 0. The van der Waals surface area contributed by atoms with Crippen LogP contribution in [0.1, 0.15) is 67.1 Å². The van der Waals surface area contributed by atoms with Crippen molar-refractivity contribution in [2.75, 3.05) is 13.7 Å². The molecule has 0 amide bonds. The number of carbonyl (C=O) groups excluding carboxylic acids is 1. The van der Waals surface area contributed by atoms with E-state index in [2.05, 4.69) is 53.6 Å². The van der Waals surface area contributed by atoms with Crippen molar-refractivity contribution in [3.8, 4) is 6.07 Å². The van der Waals surface area contributed by atoms with Gasteiger partial charge in [-0.3, -0.25) is 9.69 Å². The lowest BCUT2D eigenvalue weighted by atomic mass is 9.70. The average molecular weight is 499 g/mol. The monoisotopic (exact) mass is 498 g/mol. The van der Waals surface area contributed by atoms with Crippen LogP contribution in [0.15, 0.2) is 60.9 Å². The summed E-state index contributed by atoms with van der Waals surface area (Å²) in [7, 11) is 1.52. The molecular formula is C31H38N4O2. The van der Waals surface area contributed by atoms with Crippen molar-refractivity contribution in [2.24, 2.45) is 5.41 Å². The SMILES string of the molecule is CCCCC1CC(Cc2cccc(C)c2)(C(=O)OC)CCN1Cc1nccn1Cc1ccc(C#N)cc1. The van der Waals surface area contributed by atoms with E-state index in [0.717, 1.165) is 56.6 Å². The van der Waals surface area contributed by atoms with E-state index in [1.807, 2.05) is 36.7 Å². The fourth-order valence-electron chi connectivity index (χ4n) is 5.70. The van der Waals surface area contributed by atoms with Gasteiger partial charge in [-0.2, -0.15) is 5.26 Å². The van der Waals surface area contributed by atoms with Crippen molar-refractivity contribution in [2.45, 2.75) is 71.5 Å². The van der Waals surface area contributed by atoms with Gasteiger partial charge in [-0.15, -0.1) is 0 Å². The van der Waals surface area contributed by atoms with E-state index in [-0.39, 0.29) is 12.0 Å². The number of esters is 1. The Balaban J connectivity index is 1.53. The lowest BCUT2D eigenvalue weighted by molar-refractivity contribution is -0.157. The van der Waals surface area contributed by atoms with Gasteiger partial charge in [-0.25, -0.2) is 4.98 Å². The zero-order chi connectivity index (χ0) is 26.3. The summed E-state index contributed by atoms with van der Waals surface area (Å²) in [6, 6.07) is 18.7. The third-order valence-electron chi connectivity index (χ3n) is 7.74. The number of unbranched alkanes of at least 4 members (excludes halogenated alkanes) is 1. The number of rotatable bonds is 10. The summed E-state index contributed by atoms with van der Waals surface area (Å²) in [5.74, 6) is 0.938. The Morgan fingerprint density at radius 3 is 2.70 bits per heavy atom. The van der Waals surface area contributed by atoms with Gasteiger partial charge in [0.1, 0.15) is 5.82 Å². The zero-order valence-corrected chi connectivity index (χ0v) is 22.3. The summed E-state index contributed by atoms with van der Waals surface area (Å²) in [5.41, 5.74) is 3.72. The maximum atomic E-state index is 13.2. The van der Waals surface area contributed by atoms with E-state index in [0.29, 0.717) is 18.5 Å². The molecule has 0 aliphatic carbocycles. The fourth-order valence-corrected chi connectivity index (χ4v) is 5.70. The Kier molecular flexibility index (Phi) is 8.78. The number of carbonyl (C=O) groups is 1. The summed E-state index contributed by atoms with van der Waals surface area (Å²) in [6.45, 7) is 6.62. The van der Waals surface area contributed by atoms with Crippen LogP contribution >= 0.6 is 0 Å². The molecule has 6 heteroatoms. The Labute approximate surface area is 220 Å². The molecule has 6 nitrogen and oxygen atoms in total. The second kappa shape index (κ2) is 12.2. The molecule has 1 aliphatic heterocycles. The molecule has 37 heavy (non-hydrogen) atoms. The van der Waals surface area contributed by atoms with Crippen molar-refractivity contribution in [1.82, 2.24) is 14.5 Å². The smallest absolute Gasteiger partial charge is 0.312 e. The summed E-state index contributed by atoms with van der Waals surface area (Å²) in [6.07, 6.45) is 9.47. The van der Waals surface area contributed by atoms with Crippen LogP contribution in [0.4, 0.5) is 0 Å². The first-order valence-electron chi connectivity index (χ1n) is 13.3. The minimum atomic E-state index is -0.505. The van der Waals surface area contributed by atoms with Gasteiger partial charge >= 0.3 is 5.97 Å². The molecule has 194 valence electrons. The topological polar surface area (TPSA) is 71.2 Å². The van der Waals surface area contributed by atoms with E-state index in [4.69, 9.17) is 15.0 Å². The highest BCUT2D eigenvalue weighted by Gasteiger charge is 2.46. The first-order valence-corrected chi connectivity index (χ1v) is 13.3. The normalized spacial score (nSPS) is 19.9. The molecule has 2 aromatic carbocycles. The highest BCUT2D eigenvalue weighted by Crippen LogP contribution is 2.41. The summed E-state index contributed by atoms with van der Waals surface area (Å²) >= 11 is 0. The molecule has 0 bridgehead atoms. The third kappa shape index (κ3) is 6.47. The molecule has 0 radical (unpaired) electrons. The van der Waals surface area contributed by atoms with Crippen LogP contribution in [0, 0.1) is 23.7 Å². The summed E-state index contributed by atoms with van der Waals surface area (Å²) < 4.78 is 7.59. The van der Waals surface area contributed by atoms with Crippen LogP contribution in [0.2, 0.25) is 0 Å². The number of aryl methyl sites for hydroxylation is 1. The molecule has 0 spiro atoms. The first kappa shape index (κ1) is 26.6. The molecule has 0 N–H and O–H groups in total. The molecule has 1 fully saturated rings. The second-order valence-corrected chi connectivity index (χ2v) is 10.4. The number of benzene rings is 2. The van der Waals surface area contributed by atoms with Crippen LogP contribution in [-0.4, -0.2) is 40.1 Å². The number of likely N-dealkylation sites (tertiary alicyclic amines) is 1. The van der Waals surface area contributed by atoms with E-state index in [1.54, 1.807) is 0 Å². The van der Waals surface area contributed by atoms with Gasteiger partial charge in [0.15, 0.2) is 0 Å². The van der Waals surface area contributed by atoms with Crippen LogP contribution < -0.4 is 0 Å². The predicted molar refractivity (Wildman–Crippen MR) is 145 cm³/mol. The molecule has 2 atom stereocenters. The minimum Gasteiger partial charge on any atom is -0.469 e. The number of ether oxygens (including phenoxy) is 1. The Morgan fingerprint density at radius 1 is 1.19 bits per heavy atom. The number of nitriles is 1. The van der Waals surface area contributed by atoms with E-state index in [1.165, 1.54) is 18.2 Å². The van der Waals surface area contributed by atoms with Gasteiger partial charge in [0.25, 0.3) is 0 Å². The van der Waals surface area contributed by atoms with Crippen molar-refractivity contribution >= 4 is 5.97 Å². The maximum absolute atomic E-state index is 13.2. The lowest BCUT2D eigenvalue weighted by Gasteiger charge is -2.45. The van der Waals surface area contributed by atoms with Crippen LogP contribution in [0.5, 0.6) is 0 Å². The molecule has 2 unspecified atom stereocenters. The average Bonchev–Trinajstić information content (AvgIpc) is 3.34. The lowest BCUT2D eigenvalue weighted by Crippen LogP contribution is -2.51. The second-order valence-electron chi connectivity index (χ2n) is 10.4. The van der Waals surface area contributed by atoms with Gasteiger partial charge in [0.05, 0.1) is 30.7 Å². The molecule has 1 aliphatic rings. The summed E-state index contributed by atoms with van der Waals surface area (Å²) in [5, 5.41) is 9.08. The maximum Gasteiger partial charge on any atom is 0.312 e. The molecule has 2 heterocycles. The Hall–Kier alpha value is -3.43. The summed E-state index contributed by atoms with van der Waals surface area (Å²) in [4.78, 5) is 20.5. The van der Waals surface area contributed by atoms with Crippen molar-refractivity contribution in [1.29, 1.82) is 5.26 Å². The predicted octanol–water partition coefficient (Wildman–Crippen LogP) is 5.67. The van der Waals surface area contributed by atoms with Gasteiger partial charge < -0.3 is 9.30 Å². The minimum absolute atomic E-state index is 0.0857. The molecule has 4 rings (SSSR count). The van der Waals surface area contributed by atoms with Gasteiger partial charge in [0, 0.05) is 31.5 Å². The van der Waals surface area contributed by atoms with Gasteiger partial charge in [-0.05, 0) is 55.9 Å². The van der Waals surface area contributed by atoms with Crippen molar-refractivity contribution < 1.29 is 9.53 Å². The Bertz CT molecular complexity index is 1230. The van der Waals surface area contributed by atoms with Gasteiger partial charge in [-0.1, -0.05) is 61.7 Å². The molecule has 1 aromatic heterocycles. The van der Waals surface area contributed by atoms with Crippen LogP contribution in [0.3, 0.4) is 0 Å². The number of methoxy groups -OCH3 is 1. The first-order chi connectivity index (χ1) is 18.0. The number of hydrogen-bond acceptors (Lipinski definition) is 5. The Morgan fingerprint density at radius 2 is 2.00 bits per heavy atom. The van der Waals surface area contributed by atoms with E-state index >= 15 is 0 Å². The molecular weight excluding hydrogens is 460 g/mol.